The summed E-state index contributed by atoms with van der Waals surface area (Å²) in [7, 11) is 0. The van der Waals surface area contributed by atoms with Crippen LogP contribution in [0.3, 0.4) is 0 Å². The number of fused-ring (bicyclic) bond motifs is 2. The third-order valence-electron chi connectivity index (χ3n) is 2.92. The molecule has 7 nitrogen and oxygen atoms in total. The summed E-state index contributed by atoms with van der Waals surface area (Å²) in [5.41, 5.74) is 1.39. The summed E-state index contributed by atoms with van der Waals surface area (Å²) in [5, 5.41) is 10.8. The summed E-state index contributed by atoms with van der Waals surface area (Å²) in [6, 6.07) is 5.54. The van der Waals surface area contributed by atoms with Gasteiger partial charge in [0.2, 0.25) is 12.1 Å². The van der Waals surface area contributed by atoms with Gasteiger partial charge in [0, 0.05) is 11.8 Å². The van der Waals surface area contributed by atoms with Gasteiger partial charge in [-0.3, -0.25) is 5.10 Å². The van der Waals surface area contributed by atoms with Crippen LogP contribution in [-0.2, 0) is 0 Å². The predicted octanol–water partition coefficient (Wildman–Crippen LogP) is 2.48. The summed E-state index contributed by atoms with van der Waals surface area (Å²) in [4.78, 5) is 8.22. The molecule has 0 bridgehead atoms. The summed E-state index contributed by atoms with van der Waals surface area (Å²) >= 11 is 5.89. The second-order valence-corrected chi connectivity index (χ2v) is 4.50. The molecule has 20 heavy (non-hydrogen) atoms. The van der Waals surface area contributed by atoms with E-state index in [0.29, 0.717) is 17.2 Å². The molecule has 8 heteroatoms. The lowest BCUT2D eigenvalue weighted by molar-refractivity contribution is 0.174. The van der Waals surface area contributed by atoms with E-state index >= 15 is 0 Å². The number of nitrogens with one attached hydrogen (secondary N) is 2. The first kappa shape index (κ1) is 11.3. The van der Waals surface area contributed by atoms with Crippen molar-refractivity contribution in [1.82, 2.24) is 20.2 Å². The van der Waals surface area contributed by atoms with Crippen LogP contribution in [0.1, 0.15) is 0 Å². The van der Waals surface area contributed by atoms with E-state index in [2.05, 4.69) is 25.5 Å². The Kier molecular flexibility index (Phi) is 2.40. The van der Waals surface area contributed by atoms with Crippen LogP contribution >= 0.6 is 11.6 Å². The summed E-state index contributed by atoms with van der Waals surface area (Å²) in [5.74, 6) is 2.00. The van der Waals surface area contributed by atoms with E-state index in [1.807, 2.05) is 18.2 Å². The van der Waals surface area contributed by atoms with Crippen LogP contribution in [-0.4, -0.2) is 27.0 Å². The van der Waals surface area contributed by atoms with E-state index in [1.54, 1.807) is 6.20 Å². The van der Waals surface area contributed by atoms with E-state index in [9.17, 15) is 0 Å². The molecule has 0 unspecified atom stereocenters. The summed E-state index contributed by atoms with van der Waals surface area (Å²) in [6.45, 7) is 0.240. The fraction of sp³-hybridized carbons (Fsp3) is 0.0833. The zero-order chi connectivity index (χ0) is 13.5. The van der Waals surface area contributed by atoms with Crippen LogP contribution in [0.25, 0.3) is 11.0 Å². The van der Waals surface area contributed by atoms with Crippen molar-refractivity contribution in [2.75, 3.05) is 12.1 Å². The Labute approximate surface area is 117 Å². The van der Waals surface area contributed by atoms with Crippen LogP contribution in [0.5, 0.6) is 11.5 Å². The number of benzene rings is 1. The van der Waals surface area contributed by atoms with Crippen molar-refractivity contribution in [3.05, 3.63) is 29.7 Å². The Balaban J connectivity index is 1.75. The van der Waals surface area contributed by atoms with Gasteiger partial charge in [-0.2, -0.15) is 15.1 Å². The molecule has 0 atom stereocenters. The number of nitrogens with zero attached hydrogens (tertiary/aromatic N) is 3. The van der Waals surface area contributed by atoms with E-state index in [1.165, 1.54) is 0 Å². The lowest BCUT2D eigenvalue weighted by atomic mass is 10.2. The molecule has 0 saturated carbocycles. The van der Waals surface area contributed by atoms with Gasteiger partial charge in [0.25, 0.3) is 0 Å². The van der Waals surface area contributed by atoms with Crippen molar-refractivity contribution in [1.29, 1.82) is 0 Å². The Bertz CT molecular complexity index is 804. The zero-order valence-corrected chi connectivity index (χ0v) is 10.8. The molecule has 3 heterocycles. The van der Waals surface area contributed by atoms with Crippen molar-refractivity contribution in [3.63, 3.8) is 0 Å². The largest absolute Gasteiger partial charge is 0.454 e. The summed E-state index contributed by atoms with van der Waals surface area (Å²) < 4.78 is 10.6. The molecule has 4 rings (SSSR count). The number of aromatic nitrogens is 4. The van der Waals surface area contributed by atoms with E-state index in [4.69, 9.17) is 21.1 Å². The van der Waals surface area contributed by atoms with Crippen molar-refractivity contribution in [2.24, 2.45) is 0 Å². The van der Waals surface area contributed by atoms with Gasteiger partial charge in [0.05, 0.1) is 11.6 Å². The first-order valence-corrected chi connectivity index (χ1v) is 6.21. The third-order valence-corrected chi connectivity index (χ3v) is 3.09. The summed E-state index contributed by atoms with van der Waals surface area (Å²) in [6.07, 6.45) is 1.64. The molecule has 1 aliphatic heterocycles. The number of hydrogen-bond donors (Lipinski definition) is 2. The molecular formula is C12H8ClN5O2. The van der Waals surface area contributed by atoms with Gasteiger partial charge >= 0.3 is 0 Å². The van der Waals surface area contributed by atoms with Gasteiger partial charge in [0.1, 0.15) is 5.82 Å². The molecule has 2 aromatic heterocycles. The molecule has 1 aliphatic rings. The normalized spacial score (nSPS) is 12.8. The second-order valence-electron chi connectivity index (χ2n) is 4.17. The standard InChI is InChI=1S/C12H8ClN5O2/c13-12-16-10(7-4-14-18-11(7)17-12)15-6-1-2-8-9(3-6)20-5-19-8/h1-4H,5H2,(H2,14,15,16,17,18). The Morgan fingerprint density at radius 2 is 2.10 bits per heavy atom. The first-order valence-electron chi connectivity index (χ1n) is 5.83. The number of rotatable bonds is 2. The van der Waals surface area contributed by atoms with Crippen LogP contribution < -0.4 is 14.8 Å². The maximum Gasteiger partial charge on any atom is 0.231 e. The highest BCUT2D eigenvalue weighted by molar-refractivity contribution is 6.28. The highest BCUT2D eigenvalue weighted by Crippen LogP contribution is 2.35. The number of halogens is 1. The van der Waals surface area contributed by atoms with E-state index < -0.39 is 0 Å². The first-order chi connectivity index (χ1) is 9.79. The smallest absolute Gasteiger partial charge is 0.231 e. The van der Waals surface area contributed by atoms with Crippen molar-refractivity contribution < 1.29 is 9.47 Å². The van der Waals surface area contributed by atoms with Gasteiger partial charge in [-0.05, 0) is 23.7 Å². The average molecular weight is 290 g/mol. The van der Waals surface area contributed by atoms with Gasteiger partial charge in [-0.1, -0.05) is 0 Å². The molecule has 2 N–H and O–H groups in total. The Morgan fingerprint density at radius 1 is 1.20 bits per heavy atom. The van der Waals surface area contributed by atoms with E-state index in [0.717, 1.165) is 16.8 Å². The van der Waals surface area contributed by atoms with Crippen LogP contribution in [0.15, 0.2) is 24.4 Å². The van der Waals surface area contributed by atoms with Crippen molar-refractivity contribution in [2.45, 2.75) is 0 Å². The third kappa shape index (κ3) is 1.79. The fourth-order valence-electron chi connectivity index (χ4n) is 2.01. The van der Waals surface area contributed by atoms with Crippen LogP contribution in [0.2, 0.25) is 5.28 Å². The zero-order valence-electron chi connectivity index (χ0n) is 10.1. The topological polar surface area (TPSA) is 85.0 Å². The van der Waals surface area contributed by atoms with Gasteiger partial charge < -0.3 is 14.8 Å². The number of aromatic amines is 1. The molecule has 0 aliphatic carbocycles. The van der Waals surface area contributed by atoms with Crippen molar-refractivity contribution in [3.8, 4) is 11.5 Å². The average Bonchev–Trinajstić information content (AvgIpc) is 3.05. The fourth-order valence-corrected chi connectivity index (χ4v) is 2.18. The quantitative estimate of drug-likeness (QED) is 0.705. The highest BCUT2D eigenvalue weighted by atomic mass is 35.5. The Hall–Kier alpha value is -2.54. The maximum absolute atomic E-state index is 5.89. The van der Waals surface area contributed by atoms with Gasteiger partial charge in [-0.25, -0.2) is 0 Å². The molecule has 0 amide bonds. The molecule has 0 fully saturated rings. The molecule has 0 radical (unpaired) electrons. The van der Waals surface area contributed by atoms with Crippen LogP contribution in [0, 0.1) is 0 Å². The molecule has 100 valence electrons. The van der Waals surface area contributed by atoms with Gasteiger partial charge in [-0.15, -0.1) is 0 Å². The maximum atomic E-state index is 5.89. The van der Waals surface area contributed by atoms with Gasteiger partial charge in [0.15, 0.2) is 17.1 Å². The highest BCUT2D eigenvalue weighted by Gasteiger charge is 2.14. The lowest BCUT2D eigenvalue weighted by Crippen LogP contribution is -1.96. The minimum atomic E-state index is 0.144. The second kappa shape index (κ2) is 4.24. The van der Waals surface area contributed by atoms with Crippen molar-refractivity contribution >= 4 is 34.1 Å². The molecule has 1 aromatic carbocycles. The monoisotopic (exact) mass is 289 g/mol. The lowest BCUT2D eigenvalue weighted by Gasteiger charge is -2.07. The molecule has 3 aromatic rings. The number of hydrogen-bond acceptors (Lipinski definition) is 6. The minimum absolute atomic E-state index is 0.144. The van der Waals surface area contributed by atoms with E-state index in [-0.39, 0.29) is 12.1 Å². The number of H-pyrrole nitrogens is 1. The molecule has 0 saturated heterocycles. The minimum Gasteiger partial charge on any atom is -0.454 e. The SMILES string of the molecule is Clc1nc(Nc2ccc3c(c2)OCO3)c2cn[nH]c2n1. The molecule has 0 spiro atoms. The number of anilines is 2. The predicted molar refractivity (Wildman–Crippen MR) is 72.5 cm³/mol. The van der Waals surface area contributed by atoms with Crippen LogP contribution in [0.4, 0.5) is 11.5 Å². The Morgan fingerprint density at radius 3 is 3.05 bits per heavy atom. The molecular weight excluding hydrogens is 282 g/mol. The number of ether oxygens (including phenoxy) is 2.